The van der Waals surface area contributed by atoms with Crippen molar-refractivity contribution >= 4 is 33.2 Å². The highest BCUT2D eigenvalue weighted by molar-refractivity contribution is 7.89. The van der Waals surface area contributed by atoms with Gasteiger partial charge in [-0.05, 0) is 36.7 Å². The van der Waals surface area contributed by atoms with Gasteiger partial charge in [-0.3, -0.25) is 9.69 Å². The lowest BCUT2D eigenvalue weighted by molar-refractivity contribution is -0.114. The first-order valence-electron chi connectivity index (χ1n) is 11.2. The standard InChI is InChI=1S/C24H28ClN5O3S/c1-19(31)27-23-9-8-21(16-22(23)25)34(32,33)30-12-5-11-28(14-15-30)18-24-26-10-13-29(24)17-20-6-3-2-4-7-20/h2-4,6-10,13,16H,5,11-12,14-15,17-18H2,1H3,(H,27,31). The average Bonchev–Trinajstić information content (AvgIpc) is 3.08. The Morgan fingerprint density at radius 1 is 1.06 bits per heavy atom. The van der Waals surface area contributed by atoms with Crippen LogP contribution in [-0.2, 0) is 27.9 Å². The van der Waals surface area contributed by atoms with Crippen molar-refractivity contribution in [3.8, 4) is 0 Å². The molecule has 1 N–H and O–H groups in total. The first-order chi connectivity index (χ1) is 16.3. The minimum atomic E-state index is -3.70. The van der Waals surface area contributed by atoms with Crippen LogP contribution in [-0.4, -0.2) is 59.3 Å². The highest BCUT2D eigenvalue weighted by atomic mass is 35.5. The van der Waals surface area contributed by atoms with Crippen LogP contribution in [0.15, 0.2) is 65.8 Å². The highest BCUT2D eigenvalue weighted by Crippen LogP contribution is 2.27. The quantitative estimate of drug-likeness (QED) is 0.536. The molecule has 1 aliphatic rings. The molecule has 1 aromatic heterocycles. The molecule has 0 radical (unpaired) electrons. The van der Waals surface area contributed by atoms with Gasteiger partial charge in [-0.15, -0.1) is 0 Å². The summed E-state index contributed by atoms with van der Waals surface area (Å²) in [4.78, 5) is 18.2. The second-order valence-electron chi connectivity index (χ2n) is 8.31. The molecular weight excluding hydrogens is 474 g/mol. The van der Waals surface area contributed by atoms with Crippen molar-refractivity contribution in [2.24, 2.45) is 0 Å². The maximum atomic E-state index is 13.3. The van der Waals surface area contributed by atoms with Crippen LogP contribution in [0, 0.1) is 0 Å². The molecule has 4 rings (SSSR count). The molecule has 0 bridgehead atoms. The van der Waals surface area contributed by atoms with Crippen LogP contribution in [0.2, 0.25) is 5.02 Å². The third kappa shape index (κ3) is 5.85. The molecule has 34 heavy (non-hydrogen) atoms. The van der Waals surface area contributed by atoms with E-state index in [0.717, 1.165) is 25.3 Å². The van der Waals surface area contributed by atoms with Crippen LogP contribution in [0.25, 0.3) is 0 Å². The minimum absolute atomic E-state index is 0.124. The van der Waals surface area contributed by atoms with Gasteiger partial charge in [0.2, 0.25) is 15.9 Å². The van der Waals surface area contributed by atoms with Crippen LogP contribution in [0.3, 0.4) is 0 Å². The van der Waals surface area contributed by atoms with Crippen molar-refractivity contribution in [2.45, 2.75) is 31.3 Å². The monoisotopic (exact) mass is 501 g/mol. The summed E-state index contributed by atoms with van der Waals surface area (Å²) in [6, 6.07) is 14.6. The number of nitrogens with zero attached hydrogens (tertiary/aromatic N) is 4. The molecule has 0 unspecified atom stereocenters. The van der Waals surface area contributed by atoms with Crippen molar-refractivity contribution in [1.29, 1.82) is 0 Å². The Hall–Kier alpha value is -2.72. The number of carbonyl (C=O) groups is 1. The Morgan fingerprint density at radius 2 is 1.85 bits per heavy atom. The number of nitrogens with one attached hydrogen (secondary N) is 1. The number of benzene rings is 2. The van der Waals surface area contributed by atoms with Gasteiger partial charge in [-0.1, -0.05) is 41.9 Å². The van der Waals surface area contributed by atoms with Gasteiger partial charge in [0, 0.05) is 45.5 Å². The molecule has 1 aliphatic heterocycles. The van der Waals surface area contributed by atoms with E-state index in [2.05, 4.69) is 31.9 Å². The Labute approximate surface area is 205 Å². The zero-order valence-electron chi connectivity index (χ0n) is 19.0. The molecule has 0 saturated carbocycles. The third-order valence-electron chi connectivity index (χ3n) is 5.80. The Kier molecular flexibility index (Phi) is 7.67. The number of anilines is 1. The molecule has 10 heteroatoms. The van der Waals surface area contributed by atoms with Crippen molar-refractivity contribution in [1.82, 2.24) is 18.8 Å². The van der Waals surface area contributed by atoms with Crippen molar-refractivity contribution in [3.63, 3.8) is 0 Å². The van der Waals surface area contributed by atoms with Crippen molar-refractivity contribution < 1.29 is 13.2 Å². The van der Waals surface area contributed by atoms with Gasteiger partial charge >= 0.3 is 0 Å². The fourth-order valence-corrected chi connectivity index (χ4v) is 5.85. The fourth-order valence-electron chi connectivity index (χ4n) is 4.06. The minimum Gasteiger partial charge on any atom is -0.329 e. The second kappa shape index (κ2) is 10.7. The summed E-state index contributed by atoms with van der Waals surface area (Å²) < 4.78 is 30.1. The molecule has 0 aliphatic carbocycles. The van der Waals surface area contributed by atoms with E-state index in [9.17, 15) is 13.2 Å². The summed E-state index contributed by atoms with van der Waals surface area (Å²) in [6.07, 6.45) is 4.50. The summed E-state index contributed by atoms with van der Waals surface area (Å²) in [5.41, 5.74) is 1.60. The van der Waals surface area contributed by atoms with E-state index >= 15 is 0 Å². The van der Waals surface area contributed by atoms with E-state index in [1.807, 2.05) is 24.4 Å². The number of aromatic nitrogens is 2. The number of amides is 1. The van der Waals surface area contributed by atoms with E-state index in [4.69, 9.17) is 11.6 Å². The van der Waals surface area contributed by atoms with Gasteiger partial charge in [-0.25, -0.2) is 13.4 Å². The maximum Gasteiger partial charge on any atom is 0.243 e. The smallest absolute Gasteiger partial charge is 0.243 e. The Balaban J connectivity index is 1.41. The first-order valence-corrected chi connectivity index (χ1v) is 13.0. The predicted molar refractivity (Wildman–Crippen MR) is 132 cm³/mol. The van der Waals surface area contributed by atoms with Crippen molar-refractivity contribution in [2.75, 3.05) is 31.5 Å². The van der Waals surface area contributed by atoms with Gasteiger partial charge in [0.05, 0.1) is 22.2 Å². The van der Waals surface area contributed by atoms with Gasteiger partial charge in [0.1, 0.15) is 5.82 Å². The van der Waals surface area contributed by atoms with Gasteiger partial charge in [-0.2, -0.15) is 4.31 Å². The maximum absolute atomic E-state index is 13.3. The molecule has 180 valence electrons. The number of rotatable bonds is 7. The lowest BCUT2D eigenvalue weighted by atomic mass is 10.2. The van der Waals surface area contributed by atoms with E-state index in [1.165, 1.54) is 35.0 Å². The molecule has 3 aromatic rings. The average molecular weight is 502 g/mol. The summed E-state index contributed by atoms with van der Waals surface area (Å²) in [5, 5.41) is 2.79. The molecule has 1 amide bonds. The molecule has 1 saturated heterocycles. The molecule has 1 fully saturated rings. The number of hydrogen-bond acceptors (Lipinski definition) is 5. The SMILES string of the molecule is CC(=O)Nc1ccc(S(=O)(=O)N2CCCN(Cc3nccn3Cc3ccccc3)CC2)cc1Cl. The lowest BCUT2D eigenvalue weighted by Crippen LogP contribution is -2.35. The number of sulfonamides is 1. The van der Waals surface area contributed by atoms with Crippen LogP contribution in [0.1, 0.15) is 24.7 Å². The zero-order chi connectivity index (χ0) is 24.1. The number of halogens is 1. The van der Waals surface area contributed by atoms with Crippen LogP contribution < -0.4 is 5.32 Å². The van der Waals surface area contributed by atoms with E-state index in [0.29, 0.717) is 31.9 Å². The van der Waals surface area contributed by atoms with Crippen molar-refractivity contribution in [3.05, 3.63) is 77.3 Å². The largest absolute Gasteiger partial charge is 0.329 e. The van der Waals surface area contributed by atoms with Gasteiger partial charge in [0.25, 0.3) is 0 Å². The predicted octanol–water partition coefficient (Wildman–Crippen LogP) is 3.44. The fraction of sp³-hybridized carbons (Fsp3) is 0.333. The molecule has 0 atom stereocenters. The number of carbonyl (C=O) groups excluding carboxylic acids is 1. The lowest BCUT2D eigenvalue weighted by Gasteiger charge is -2.22. The van der Waals surface area contributed by atoms with Crippen LogP contribution in [0.4, 0.5) is 5.69 Å². The van der Waals surface area contributed by atoms with E-state index in [-0.39, 0.29) is 15.8 Å². The molecule has 8 nitrogen and oxygen atoms in total. The van der Waals surface area contributed by atoms with Gasteiger partial charge in [0.15, 0.2) is 0 Å². The van der Waals surface area contributed by atoms with Crippen LogP contribution in [0.5, 0.6) is 0 Å². The summed E-state index contributed by atoms with van der Waals surface area (Å²) in [5.74, 6) is 0.690. The summed E-state index contributed by atoms with van der Waals surface area (Å²) in [7, 11) is -3.70. The molecule has 2 heterocycles. The number of hydrogen-bond donors (Lipinski definition) is 1. The van der Waals surface area contributed by atoms with E-state index < -0.39 is 10.0 Å². The first kappa shape index (κ1) is 24.4. The number of imidazole rings is 1. The normalized spacial score (nSPS) is 15.7. The third-order valence-corrected chi connectivity index (χ3v) is 8.01. The zero-order valence-corrected chi connectivity index (χ0v) is 20.6. The summed E-state index contributed by atoms with van der Waals surface area (Å²) >= 11 is 6.21. The summed E-state index contributed by atoms with van der Waals surface area (Å²) in [6.45, 7) is 4.99. The Morgan fingerprint density at radius 3 is 2.59 bits per heavy atom. The highest BCUT2D eigenvalue weighted by Gasteiger charge is 2.28. The topological polar surface area (TPSA) is 87.5 Å². The Bertz CT molecular complexity index is 1250. The second-order valence-corrected chi connectivity index (χ2v) is 10.7. The van der Waals surface area contributed by atoms with Crippen LogP contribution >= 0.6 is 11.6 Å². The molecular formula is C24H28ClN5O3S. The molecule has 2 aromatic carbocycles. The molecule has 0 spiro atoms. The van der Waals surface area contributed by atoms with E-state index in [1.54, 1.807) is 6.20 Å². The van der Waals surface area contributed by atoms with Gasteiger partial charge < -0.3 is 9.88 Å².